The Morgan fingerprint density at radius 1 is 0.960 bits per heavy atom. The van der Waals surface area contributed by atoms with Crippen molar-refractivity contribution in [2.45, 2.75) is 0 Å². The molecule has 1 amide bonds. The number of carbonyl (C=O) groups excluding carboxylic acids is 1. The molecule has 2 heterocycles. The minimum atomic E-state index is -0.277. The first-order chi connectivity index (χ1) is 12.3. The van der Waals surface area contributed by atoms with Crippen molar-refractivity contribution in [1.29, 1.82) is 0 Å². The van der Waals surface area contributed by atoms with Gasteiger partial charge in [-0.3, -0.25) is 9.78 Å². The van der Waals surface area contributed by atoms with Crippen molar-refractivity contribution in [3.63, 3.8) is 0 Å². The summed E-state index contributed by atoms with van der Waals surface area (Å²) in [6.45, 7) is 0. The fourth-order valence-electron chi connectivity index (χ4n) is 2.97. The van der Waals surface area contributed by atoms with Crippen molar-refractivity contribution >= 4 is 23.0 Å². The van der Waals surface area contributed by atoms with Crippen LogP contribution in [0, 0.1) is 5.82 Å². The van der Waals surface area contributed by atoms with Crippen molar-refractivity contribution in [2.24, 2.45) is 0 Å². The molecular formula is C20H14FN3O. The molecule has 5 heteroatoms. The number of anilines is 1. The Kier molecular flexibility index (Phi) is 3.74. The predicted molar refractivity (Wildman–Crippen MR) is 96.6 cm³/mol. The van der Waals surface area contributed by atoms with E-state index in [2.05, 4.69) is 15.3 Å². The van der Waals surface area contributed by atoms with E-state index in [9.17, 15) is 9.18 Å². The second kappa shape index (κ2) is 6.20. The molecule has 4 aromatic rings. The molecule has 25 heavy (non-hydrogen) atoms. The van der Waals surface area contributed by atoms with Gasteiger partial charge in [-0.15, -0.1) is 0 Å². The number of rotatable bonds is 4. The number of benzene rings is 2. The lowest BCUT2D eigenvalue weighted by Crippen LogP contribution is -1.95. The van der Waals surface area contributed by atoms with E-state index in [0.29, 0.717) is 12.1 Å². The van der Waals surface area contributed by atoms with Gasteiger partial charge >= 0.3 is 0 Å². The number of carbonyl (C=O) groups is 1. The van der Waals surface area contributed by atoms with Crippen molar-refractivity contribution in [1.82, 2.24) is 9.97 Å². The first-order valence-corrected chi connectivity index (χ1v) is 7.78. The molecule has 0 unspecified atom stereocenters. The Morgan fingerprint density at radius 3 is 2.44 bits per heavy atom. The number of aromatic amines is 1. The molecule has 0 saturated heterocycles. The van der Waals surface area contributed by atoms with Gasteiger partial charge in [-0.1, -0.05) is 6.07 Å². The molecule has 0 saturated carbocycles. The lowest BCUT2D eigenvalue weighted by Gasteiger charge is -2.07. The van der Waals surface area contributed by atoms with E-state index in [1.807, 2.05) is 30.3 Å². The van der Waals surface area contributed by atoms with Gasteiger partial charge in [0.25, 0.3) is 0 Å². The van der Waals surface area contributed by atoms with Crippen LogP contribution in [-0.2, 0) is 4.79 Å². The van der Waals surface area contributed by atoms with Gasteiger partial charge in [0, 0.05) is 23.5 Å². The Bertz CT molecular complexity index is 1040. The van der Waals surface area contributed by atoms with Crippen LogP contribution in [0.4, 0.5) is 10.1 Å². The Morgan fingerprint density at radius 2 is 1.72 bits per heavy atom. The highest BCUT2D eigenvalue weighted by Gasteiger charge is 2.12. The maximum Gasteiger partial charge on any atom is 0.211 e. The normalized spacial score (nSPS) is 10.8. The van der Waals surface area contributed by atoms with Gasteiger partial charge in [-0.2, -0.15) is 0 Å². The van der Waals surface area contributed by atoms with Crippen molar-refractivity contribution < 1.29 is 9.18 Å². The average molecular weight is 331 g/mol. The van der Waals surface area contributed by atoms with Crippen LogP contribution in [0.15, 0.2) is 67.0 Å². The molecule has 2 aromatic heterocycles. The van der Waals surface area contributed by atoms with Crippen LogP contribution in [0.2, 0.25) is 0 Å². The Balaban J connectivity index is 1.95. The highest BCUT2D eigenvalue weighted by molar-refractivity contribution is 6.05. The van der Waals surface area contributed by atoms with Crippen LogP contribution in [0.25, 0.3) is 33.3 Å². The molecule has 122 valence electrons. The summed E-state index contributed by atoms with van der Waals surface area (Å²) in [6.07, 6.45) is 4.14. The maximum absolute atomic E-state index is 13.2. The minimum absolute atomic E-state index is 0.277. The van der Waals surface area contributed by atoms with Crippen LogP contribution in [0.5, 0.6) is 0 Å². The lowest BCUT2D eigenvalue weighted by atomic mass is 10.0. The monoisotopic (exact) mass is 331 g/mol. The predicted octanol–water partition coefficient (Wildman–Crippen LogP) is 4.60. The summed E-state index contributed by atoms with van der Waals surface area (Å²) in [5, 5.41) is 3.69. The number of amides is 1. The van der Waals surface area contributed by atoms with E-state index in [1.54, 1.807) is 24.5 Å². The number of H-pyrrole nitrogens is 1. The number of hydrogen-bond acceptors (Lipinski definition) is 2. The lowest BCUT2D eigenvalue weighted by molar-refractivity contribution is -0.105. The van der Waals surface area contributed by atoms with Crippen molar-refractivity contribution in [3.8, 4) is 22.4 Å². The number of pyridine rings is 1. The molecule has 0 spiro atoms. The van der Waals surface area contributed by atoms with Crippen LogP contribution in [0.1, 0.15) is 0 Å². The standard InChI is InChI=1S/C20H14FN3O/c21-15-3-1-14(2-4-15)19-11-17-16(13-7-9-22-10-8-13)5-6-18(23-12-25)20(17)24-19/h1-12,24H,(H,23,25). The van der Waals surface area contributed by atoms with Crippen LogP contribution in [-0.4, -0.2) is 16.4 Å². The van der Waals surface area contributed by atoms with Crippen molar-refractivity contribution in [2.75, 3.05) is 5.32 Å². The number of nitrogens with zero attached hydrogens (tertiary/aromatic N) is 1. The summed E-state index contributed by atoms with van der Waals surface area (Å²) >= 11 is 0. The molecule has 0 atom stereocenters. The minimum Gasteiger partial charge on any atom is -0.353 e. The zero-order chi connectivity index (χ0) is 17.2. The Labute approximate surface area is 143 Å². The van der Waals surface area contributed by atoms with E-state index >= 15 is 0 Å². The first-order valence-electron chi connectivity index (χ1n) is 7.78. The topological polar surface area (TPSA) is 57.8 Å². The summed E-state index contributed by atoms with van der Waals surface area (Å²) in [5.74, 6) is -0.277. The van der Waals surface area contributed by atoms with Crippen LogP contribution >= 0.6 is 0 Å². The SMILES string of the molecule is O=CNc1ccc(-c2ccncc2)c2cc(-c3ccc(F)cc3)[nH]c12. The molecule has 0 radical (unpaired) electrons. The Hall–Kier alpha value is -3.47. The molecule has 0 fully saturated rings. The van der Waals surface area contributed by atoms with Crippen LogP contribution < -0.4 is 5.32 Å². The second-order valence-corrected chi connectivity index (χ2v) is 5.64. The molecule has 4 rings (SSSR count). The van der Waals surface area contributed by atoms with E-state index in [-0.39, 0.29) is 5.82 Å². The van der Waals surface area contributed by atoms with Gasteiger partial charge in [0.15, 0.2) is 0 Å². The van der Waals surface area contributed by atoms with Crippen LogP contribution in [0.3, 0.4) is 0 Å². The molecular weight excluding hydrogens is 317 g/mol. The van der Waals surface area contributed by atoms with Gasteiger partial charge < -0.3 is 10.3 Å². The second-order valence-electron chi connectivity index (χ2n) is 5.64. The molecule has 2 N–H and O–H groups in total. The fourth-order valence-corrected chi connectivity index (χ4v) is 2.97. The number of nitrogens with one attached hydrogen (secondary N) is 2. The summed E-state index contributed by atoms with van der Waals surface area (Å²) < 4.78 is 13.2. The van der Waals surface area contributed by atoms with E-state index in [0.717, 1.165) is 33.3 Å². The van der Waals surface area contributed by atoms with Gasteiger partial charge in [0.2, 0.25) is 6.41 Å². The molecule has 0 aliphatic rings. The van der Waals surface area contributed by atoms with Gasteiger partial charge in [0.1, 0.15) is 5.82 Å². The molecule has 4 nitrogen and oxygen atoms in total. The number of fused-ring (bicyclic) bond motifs is 1. The third-order valence-electron chi connectivity index (χ3n) is 4.15. The molecule has 0 bridgehead atoms. The summed E-state index contributed by atoms with van der Waals surface area (Å²) in [5.41, 5.74) is 5.29. The van der Waals surface area contributed by atoms with Gasteiger partial charge in [-0.05, 0) is 65.2 Å². The van der Waals surface area contributed by atoms with Gasteiger partial charge in [-0.25, -0.2) is 4.39 Å². The highest BCUT2D eigenvalue weighted by atomic mass is 19.1. The third-order valence-corrected chi connectivity index (χ3v) is 4.15. The van der Waals surface area contributed by atoms with E-state index in [4.69, 9.17) is 0 Å². The van der Waals surface area contributed by atoms with E-state index < -0.39 is 0 Å². The first kappa shape index (κ1) is 15.1. The summed E-state index contributed by atoms with van der Waals surface area (Å²) in [6, 6.07) is 16.0. The number of aromatic nitrogens is 2. The largest absolute Gasteiger partial charge is 0.353 e. The zero-order valence-electron chi connectivity index (χ0n) is 13.2. The highest BCUT2D eigenvalue weighted by Crippen LogP contribution is 2.36. The summed E-state index contributed by atoms with van der Waals surface area (Å²) in [4.78, 5) is 18.3. The molecule has 0 aliphatic carbocycles. The third kappa shape index (κ3) is 2.76. The molecule has 2 aromatic carbocycles. The maximum atomic E-state index is 13.2. The zero-order valence-corrected chi connectivity index (χ0v) is 13.2. The quantitative estimate of drug-likeness (QED) is 0.537. The average Bonchev–Trinajstić information content (AvgIpc) is 3.09. The fraction of sp³-hybridized carbons (Fsp3) is 0. The molecule has 0 aliphatic heterocycles. The number of hydrogen-bond donors (Lipinski definition) is 2. The van der Waals surface area contributed by atoms with E-state index in [1.165, 1.54) is 12.1 Å². The van der Waals surface area contributed by atoms with Crippen molar-refractivity contribution in [3.05, 3.63) is 72.8 Å². The summed E-state index contributed by atoms with van der Waals surface area (Å²) in [7, 11) is 0. The van der Waals surface area contributed by atoms with Gasteiger partial charge in [0.05, 0.1) is 11.2 Å². The number of halogens is 1. The smallest absolute Gasteiger partial charge is 0.211 e.